The second-order valence-corrected chi connectivity index (χ2v) is 0. The molecule has 0 unspecified atom stereocenters. The van der Waals surface area contributed by atoms with Crippen molar-refractivity contribution in [3.63, 3.8) is 0 Å². The Morgan fingerprint density at radius 3 is 0.750 bits per heavy atom. The molecule has 0 aliphatic heterocycles. The van der Waals surface area contributed by atoms with Crippen molar-refractivity contribution in [3.05, 3.63) is 0 Å². The van der Waals surface area contributed by atoms with Gasteiger partial charge in [0.05, 0.1) is 0 Å². The molecule has 0 aromatic heterocycles. The van der Waals surface area contributed by atoms with Crippen LogP contribution in [0, 0.1) is 0 Å². The largest absolute Gasteiger partial charge is 0.412 e. The first-order valence-corrected chi connectivity index (χ1v) is 0. The predicted octanol–water partition coefficient (Wildman–Crippen LogP) is -1.38. The van der Waals surface area contributed by atoms with Crippen molar-refractivity contribution in [2.24, 2.45) is 0 Å². The van der Waals surface area contributed by atoms with Gasteiger partial charge in [-0.1, -0.05) is 0 Å². The van der Waals surface area contributed by atoms with Gasteiger partial charge in [-0.05, 0) is 0 Å². The first-order valence-electron chi connectivity index (χ1n) is 0. The van der Waals surface area contributed by atoms with Crippen LogP contribution in [0.25, 0.3) is 0 Å². The first kappa shape index (κ1) is 39.1. The minimum Gasteiger partial charge on any atom is -0.412 e. The molecule has 0 aliphatic carbocycles. The van der Waals surface area contributed by atoms with E-state index in [2.05, 4.69) is 0 Å². The van der Waals surface area contributed by atoms with Gasteiger partial charge in [0, 0.05) is 64.9 Å². The van der Waals surface area contributed by atoms with Gasteiger partial charge in [0.15, 0.2) is 0 Å². The molecule has 0 fully saturated rings. The third-order valence-electron chi connectivity index (χ3n) is 0. The van der Waals surface area contributed by atoms with Crippen LogP contribution in [0.15, 0.2) is 0 Å². The van der Waals surface area contributed by atoms with Crippen LogP contribution >= 0.6 is 13.5 Å². The molecule has 0 saturated carbocycles. The van der Waals surface area contributed by atoms with E-state index in [1.54, 1.807) is 0 Å². The molecule has 0 atom stereocenters. The Bertz CT molecular complexity index is 6.00. The van der Waals surface area contributed by atoms with Gasteiger partial charge in [-0.25, -0.2) is 0 Å². The van der Waals surface area contributed by atoms with Crippen molar-refractivity contribution in [3.8, 4) is 0 Å². The summed E-state index contributed by atoms with van der Waals surface area (Å²) < 4.78 is 0. The standard InChI is InChI=1S/K.2H2O.S/h;2*1H2;. The predicted molar refractivity (Wildman–Crippen MR) is 20.6 cm³/mol. The number of hydrogen-bond acceptors (Lipinski definition) is 0. The maximum absolute atomic E-state index is 0. The summed E-state index contributed by atoms with van der Waals surface area (Å²) >= 11 is 0. The molecular weight excluding hydrogens is 103 g/mol. The van der Waals surface area contributed by atoms with E-state index >= 15 is 0 Å². The van der Waals surface area contributed by atoms with Crippen molar-refractivity contribution in [2.75, 3.05) is 0 Å². The molecule has 23 valence electrons. The van der Waals surface area contributed by atoms with Crippen molar-refractivity contribution >= 4 is 64.9 Å². The summed E-state index contributed by atoms with van der Waals surface area (Å²) in [7, 11) is 0. The second-order valence-electron chi connectivity index (χ2n) is 0. The Balaban J connectivity index is 0. The molecule has 2 nitrogen and oxygen atoms in total. The Morgan fingerprint density at radius 1 is 0.750 bits per heavy atom. The van der Waals surface area contributed by atoms with Gasteiger partial charge in [0.2, 0.25) is 0 Å². The van der Waals surface area contributed by atoms with E-state index in [4.69, 9.17) is 0 Å². The van der Waals surface area contributed by atoms with Crippen LogP contribution in [-0.4, -0.2) is 62.3 Å². The summed E-state index contributed by atoms with van der Waals surface area (Å²) in [5.41, 5.74) is 0. The zero-order valence-corrected chi connectivity index (χ0v) is 6.35. The van der Waals surface area contributed by atoms with Crippen molar-refractivity contribution < 1.29 is 11.0 Å². The van der Waals surface area contributed by atoms with Crippen LogP contribution in [0.3, 0.4) is 0 Å². The maximum atomic E-state index is 0. The SMILES string of the molecule is O.O.[K].[S]. The van der Waals surface area contributed by atoms with E-state index in [-0.39, 0.29) is 75.8 Å². The molecule has 3 radical (unpaired) electrons. The van der Waals surface area contributed by atoms with Crippen LogP contribution in [-0.2, 0) is 0 Å². The zero-order valence-electron chi connectivity index (χ0n) is 2.41. The molecule has 0 saturated heterocycles. The van der Waals surface area contributed by atoms with Crippen LogP contribution in [0.2, 0.25) is 0 Å². The van der Waals surface area contributed by atoms with Crippen LogP contribution in [0.4, 0.5) is 0 Å². The average molecular weight is 107 g/mol. The van der Waals surface area contributed by atoms with E-state index in [1.165, 1.54) is 0 Å². The summed E-state index contributed by atoms with van der Waals surface area (Å²) in [6.07, 6.45) is 0. The molecule has 0 amide bonds. The second kappa shape index (κ2) is 20.6. The van der Waals surface area contributed by atoms with Crippen molar-refractivity contribution in [1.29, 1.82) is 0 Å². The number of hydrogen-bond donors (Lipinski definition) is 0. The monoisotopic (exact) mass is 107 g/mol. The van der Waals surface area contributed by atoms with Crippen molar-refractivity contribution in [2.45, 2.75) is 0 Å². The molecule has 0 bridgehead atoms. The molecule has 0 spiro atoms. The molecule has 0 heterocycles. The Morgan fingerprint density at radius 2 is 0.750 bits per heavy atom. The van der Waals surface area contributed by atoms with Gasteiger partial charge in [-0.3, -0.25) is 0 Å². The number of rotatable bonds is 0. The maximum Gasteiger partial charge on any atom is 0 e. The van der Waals surface area contributed by atoms with E-state index in [1.807, 2.05) is 0 Å². The molecule has 4 N–H and O–H groups in total. The van der Waals surface area contributed by atoms with Crippen molar-refractivity contribution in [1.82, 2.24) is 0 Å². The normalized spacial score (nSPS) is 0. The summed E-state index contributed by atoms with van der Waals surface area (Å²) in [6, 6.07) is 0. The van der Waals surface area contributed by atoms with Gasteiger partial charge in [0.25, 0.3) is 0 Å². The van der Waals surface area contributed by atoms with E-state index in [0.717, 1.165) is 0 Å². The van der Waals surface area contributed by atoms with E-state index in [0.29, 0.717) is 0 Å². The van der Waals surface area contributed by atoms with Crippen LogP contribution < -0.4 is 0 Å². The minimum absolute atomic E-state index is 0. The van der Waals surface area contributed by atoms with Gasteiger partial charge in [-0.15, -0.1) is 0 Å². The van der Waals surface area contributed by atoms with Crippen LogP contribution in [0.1, 0.15) is 0 Å². The molecule has 4 heteroatoms. The smallest absolute Gasteiger partial charge is 0 e. The van der Waals surface area contributed by atoms with Gasteiger partial charge in [-0.2, -0.15) is 0 Å². The Kier molecular flexibility index (Phi) is 201. The Labute approximate surface area is 74.4 Å². The average Bonchev–Trinajstić information content (AvgIpc) is 0. The molecule has 0 aromatic rings. The quantitative estimate of drug-likeness (QED) is 0.342. The van der Waals surface area contributed by atoms with E-state index in [9.17, 15) is 0 Å². The molecule has 0 aliphatic rings. The topological polar surface area (TPSA) is 63.0 Å². The summed E-state index contributed by atoms with van der Waals surface area (Å²) in [4.78, 5) is 0. The fourth-order valence-electron chi connectivity index (χ4n) is 0. The zero-order chi connectivity index (χ0) is 0. The van der Waals surface area contributed by atoms with Gasteiger partial charge in [0.1, 0.15) is 0 Å². The fourth-order valence-corrected chi connectivity index (χ4v) is 0. The van der Waals surface area contributed by atoms with E-state index < -0.39 is 0 Å². The summed E-state index contributed by atoms with van der Waals surface area (Å²) in [6.45, 7) is 0. The molecule has 0 rings (SSSR count). The van der Waals surface area contributed by atoms with Gasteiger partial charge >= 0.3 is 0 Å². The molecular formula is H4KO2S. The third kappa shape index (κ3) is 9.08. The summed E-state index contributed by atoms with van der Waals surface area (Å²) in [5.74, 6) is 0. The fraction of sp³-hybridized carbons (Fsp3) is 0. The van der Waals surface area contributed by atoms with Gasteiger partial charge < -0.3 is 11.0 Å². The third-order valence-corrected chi connectivity index (χ3v) is 0. The Hall–Kier alpha value is 1.91. The molecule has 4 heavy (non-hydrogen) atoms. The minimum atomic E-state index is 0. The first-order chi connectivity index (χ1) is 0. The van der Waals surface area contributed by atoms with Crippen LogP contribution in [0.5, 0.6) is 0 Å². The molecule has 0 aromatic carbocycles. The summed E-state index contributed by atoms with van der Waals surface area (Å²) in [5, 5.41) is 0.